The van der Waals surface area contributed by atoms with E-state index < -0.39 is 5.41 Å². The van der Waals surface area contributed by atoms with E-state index in [4.69, 9.17) is 0 Å². The minimum absolute atomic E-state index is 0.559. The number of hydrogen-bond acceptors (Lipinski definition) is 0. The van der Waals surface area contributed by atoms with Crippen molar-refractivity contribution >= 4 is 21.8 Å². The van der Waals surface area contributed by atoms with Crippen LogP contribution >= 0.6 is 0 Å². The van der Waals surface area contributed by atoms with Crippen molar-refractivity contribution in [3.8, 4) is 50.2 Å². The van der Waals surface area contributed by atoms with Crippen molar-refractivity contribution in [1.82, 2.24) is 4.57 Å². The Hall–Kier alpha value is -7.40. The van der Waals surface area contributed by atoms with Crippen LogP contribution in [-0.4, -0.2) is 4.57 Å². The van der Waals surface area contributed by atoms with Gasteiger partial charge in [-0.15, -0.1) is 0 Å². The average Bonchev–Trinajstić information content (AvgIpc) is 3.99. The van der Waals surface area contributed by atoms with Gasteiger partial charge in [-0.25, -0.2) is 0 Å². The molecule has 0 saturated heterocycles. The van der Waals surface area contributed by atoms with Crippen molar-refractivity contribution in [3.05, 3.63) is 246 Å². The lowest BCUT2D eigenvalue weighted by molar-refractivity contribution is 0.765. The van der Waals surface area contributed by atoms with Gasteiger partial charge in [0, 0.05) is 22.0 Å². The van der Waals surface area contributed by atoms with Crippen molar-refractivity contribution in [1.29, 1.82) is 0 Å². The van der Waals surface area contributed by atoms with E-state index in [1.165, 1.54) is 101 Å². The third-order valence-electron chi connectivity index (χ3n) is 13.6. The van der Waals surface area contributed by atoms with Crippen LogP contribution in [0, 0.1) is 12.1 Å². The van der Waals surface area contributed by atoms with E-state index in [0.29, 0.717) is 11.8 Å². The molecule has 9 aromatic carbocycles. The molecule has 0 aliphatic heterocycles. The molecular formula is C58H37N. The van der Waals surface area contributed by atoms with Crippen LogP contribution in [0.4, 0.5) is 0 Å². The Labute approximate surface area is 344 Å². The van der Waals surface area contributed by atoms with Crippen molar-refractivity contribution in [2.75, 3.05) is 0 Å². The fourth-order valence-electron chi connectivity index (χ4n) is 10.9. The molecule has 1 nitrogen and oxygen atoms in total. The molecule has 13 rings (SSSR count). The molecule has 0 amide bonds. The number of benzene rings is 8. The summed E-state index contributed by atoms with van der Waals surface area (Å²) in [7, 11) is 0. The van der Waals surface area contributed by atoms with Gasteiger partial charge >= 0.3 is 0 Å². The van der Waals surface area contributed by atoms with E-state index in [1.807, 2.05) is 6.07 Å². The smallest absolute Gasteiger partial charge is 0.0793 e. The Morgan fingerprint density at radius 2 is 1.07 bits per heavy atom. The molecule has 0 N–H and O–H groups in total. The first-order valence-corrected chi connectivity index (χ1v) is 20.8. The topological polar surface area (TPSA) is 4.93 Å². The molecular weight excluding hydrogens is 711 g/mol. The number of nitrogens with zero attached hydrogens (tertiary/aromatic N) is 1. The highest BCUT2D eigenvalue weighted by molar-refractivity contribution is 6.12. The van der Waals surface area contributed by atoms with Gasteiger partial charge < -0.3 is 4.57 Å². The fraction of sp³-hybridized carbons (Fsp3) is 0.0690. The van der Waals surface area contributed by atoms with Crippen molar-refractivity contribution in [3.63, 3.8) is 0 Å². The molecule has 3 aliphatic rings. The van der Waals surface area contributed by atoms with Crippen LogP contribution in [0.15, 0.2) is 200 Å². The largest absolute Gasteiger partial charge is 0.309 e. The highest BCUT2D eigenvalue weighted by Gasteiger charge is 2.51. The summed E-state index contributed by atoms with van der Waals surface area (Å²) in [5.74, 6) is 1.17. The summed E-state index contributed by atoms with van der Waals surface area (Å²) in [6, 6.07) is 81.5. The molecule has 10 aromatic rings. The zero-order chi connectivity index (χ0) is 38.7. The molecule has 0 radical (unpaired) electrons. The van der Waals surface area contributed by atoms with Crippen LogP contribution in [-0.2, 0) is 5.41 Å². The van der Waals surface area contributed by atoms with E-state index >= 15 is 0 Å². The highest BCUT2D eigenvalue weighted by atomic mass is 15.0. The monoisotopic (exact) mass is 747 g/mol. The quantitative estimate of drug-likeness (QED) is 0.165. The van der Waals surface area contributed by atoms with Gasteiger partial charge in [0.05, 0.1) is 16.4 Å². The molecule has 59 heavy (non-hydrogen) atoms. The fourth-order valence-corrected chi connectivity index (χ4v) is 10.9. The third kappa shape index (κ3) is 4.63. The summed E-state index contributed by atoms with van der Waals surface area (Å²) in [6.45, 7) is 0. The normalized spacial score (nSPS) is 16.4. The van der Waals surface area contributed by atoms with E-state index in [0.717, 1.165) is 11.3 Å². The predicted molar refractivity (Wildman–Crippen MR) is 242 cm³/mol. The Kier molecular flexibility index (Phi) is 6.81. The first-order chi connectivity index (χ1) is 29.3. The first-order valence-electron chi connectivity index (χ1n) is 20.8. The molecule has 1 heterocycles. The van der Waals surface area contributed by atoms with E-state index in [9.17, 15) is 0 Å². The SMILES string of the molecule is c1cccc(C2(c3ccccc3)c3cc(-n4c5ccc(-c6ccccc6)cc5c5cc(-c6ccccc6)ccc54)ccc3-c3cc4c(cc32)C2CC2c2ccccc2-4)c#1. The Morgan fingerprint density at radius 1 is 0.441 bits per heavy atom. The number of aromatic nitrogens is 1. The van der Waals surface area contributed by atoms with Gasteiger partial charge in [-0.2, -0.15) is 0 Å². The second kappa shape index (κ2) is 12.3. The molecule has 0 bridgehead atoms. The van der Waals surface area contributed by atoms with Crippen LogP contribution in [0.2, 0.25) is 0 Å². The summed E-state index contributed by atoms with van der Waals surface area (Å²) in [6.07, 6.45) is 1.22. The third-order valence-corrected chi connectivity index (χ3v) is 13.6. The van der Waals surface area contributed by atoms with Gasteiger partial charge in [0.25, 0.3) is 0 Å². The van der Waals surface area contributed by atoms with E-state index in [1.54, 1.807) is 0 Å². The van der Waals surface area contributed by atoms with Crippen LogP contribution in [0.25, 0.3) is 72.0 Å². The lowest BCUT2D eigenvalue weighted by atomic mass is 9.67. The molecule has 3 unspecified atom stereocenters. The molecule has 1 fully saturated rings. The van der Waals surface area contributed by atoms with E-state index in [2.05, 4.69) is 211 Å². The zero-order valence-electron chi connectivity index (χ0n) is 32.4. The first kappa shape index (κ1) is 32.7. The van der Waals surface area contributed by atoms with Crippen LogP contribution in [0.3, 0.4) is 0 Å². The molecule has 274 valence electrons. The highest BCUT2D eigenvalue weighted by Crippen LogP contribution is 2.65. The van der Waals surface area contributed by atoms with Gasteiger partial charge in [-0.3, -0.25) is 0 Å². The molecule has 1 saturated carbocycles. The van der Waals surface area contributed by atoms with Gasteiger partial charge in [0.1, 0.15) is 0 Å². The van der Waals surface area contributed by atoms with Gasteiger partial charge in [-0.05, 0) is 145 Å². The standard InChI is InChI=1S/C58H37N/c1-5-15-37(16-6-1)39-25-29-56-52(31-39)53-32-40(38-17-7-2-8-18-38)26-30-57(53)59(56)43-27-28-46-51-35-48-45-24-14-13-23-44(45)47-34-49(47)50(48)36-55(51)58(54(46)33-43,41-19-9-3-10-20-41)42-21-11-4-12-22-42/h1-11,13-21,23-33,35-36,47,49H,34H2. The van der Waals surface area contributed by atoms with Crippen molar-refractivity contribution in [2.45, 2.75) is 23.7 Å². The Balaban J connectivity index is 1.10. The predicted octanol–water partition coefficient (Wildman–Crippen LogP) is 14.3. The zero-order valence-corrected chi connectivity index (χ0v) is 32.4. The minimum atomic E-state index is -0.588. The molecule has 3 aliphatic carbocycles. The van der Waals surface area contributed by atoms with Crippen LogP contribution in [0.5, 0.6) is 0 Å². The number of rotatable bonds is 5. The number of fused-ring (bicyclic) bond motifs is 12. The summed E-state index contributed by atoms with van der Waals surface area (Å²) in [5, 5.41) is 2.49. The second-order valence-electron chi connectivity index (χ2n) is 16.6. The van der Waals surface area contributed by atoms with Crippen molar-refractivity contribution < 1.29 is 0 Å². The van der Waals surface area contributed by atoms with Crippen molar-refractivity contribution in [2.24, 2.45) is 0 Å². The van der Waals surface area contributed by atoms with E-state index in [-0.39, 0.29) is 0 Å². The molecule has 3 atom stereocenters. The Morgan fingerprint density at radius 3 is 1.75 bits per heavy atom. The van der Waals surface area contributed by atoms with Gasteiger partial charge in [0.15, 0.2) is 0 Å². The van der Waals surface area contributed by atoms with Gasteiger partial charge in [-0.1, -0.05) is 158 Å². The molecule has 1 aromatic heterocycles. The average molecular weight is 748 g/mol. The molecule has 0 spiro atoms. The number of hydrogen-bond donors (Lipinski definition) is 0. The van der Waals surface area contributed by atoms with Crippen LogP contribution < -0.4 is 0 Å². The molecule has 1 heteroatoms. The maximum absolute atomic E-state index is 3.67. The maximum atomic E-state index is 3.67. The second-order valence-corrected chi connectivity index (χ2v) is 16.6. The summed E-state index contributed by atoms with van der Waals surface area (Å²) < 4.78 is 2.49. The summed E-state index contributed by atoms with van der Waals surface area (Å²) >= 11 is 0. The lowest BCUT2D eigenvalue weighted by Crippen LogP contribution is -2.28. The summed E-state index contributed by atoms with van der Waals surface area (Å²) in [5.41, 5.74) is 21.2. The van der Waals surface area contributed by atoms with Crippen LogP contribution in [0.1, 0.15) is 51.6 Å². The summed E-state index contributed by atoms with van der Waals surface area (Å²) in [4.78, 5) is 0. The lowest BCUT2D eigenvalue weighted by Gasteiger charge is -2.33. The minimum Gasteiger partial charge on any atom is -0.309 e. The maximum Gasteiger partial charge on any atom is 0.0793 e. The Bertz CT molecular complexity index is 3150. The van der Waals surface area contributed by atoms with Gasteiger partial charge in [0.2, 0.25) is 0 Å².